The minimum atomic E-state index is -1.43. The normalized spacial score (nSPS) is 22.5. The number of esters is 1. The summed E-state index contributed by atoms with van der Waals surface area (Å²) in [5.74, 6) is -1.80. The van der Waals surface area contributed by atoms with Crippen LogP contribution in [0, 0.1) is 5.92 Å². The van der Waals surface area contributed by atoms with Crippen molar-refractivity contribution >= 4 is 35.2 Å². The van der Waals surface area contributed by atoms with Crippen molar-refractivity contribution in [3.05, 3.63) is 131 Å². The first-order valence-electron chi connectivity index (χ1n) is 14.3. The molecular weight excluding hydrogens is 556 g/mol. The van der Waals surface area contributed by atoms with E-state index in [1.165, 1.54) is 14.0 Å². The summed E-state index contributed by atoms with van der Waals surface area (Å²) in [7, 11) is 1.52. The molecule has 3 aliphatic rings. The monoisotopic (exact) mass is 584 g/mol. The third kappa shape index (κ3) is 3.98. The number of Topliss-reactive ketones (excluding diaryl/α,β-unsaturated/α-hetero) is 2. The molecule has 4 atom stereocenters. The van der Waals surface area contributed by atoms with Gasteiger partial charge in [0.25, 0.3) is 0 Å². The summed E-state index contributed by atoms with van der Waals surface area (Å²) in [4.78, 5) is 57.5. The summed E-state index contributed by atoms with van der Waals surface area (Å²) < 4.78 is 10.6. The molecule has 7 rings (SSSR count). The number of amides is 1. The highest BCUT2D eigenvalue weighted by atomic mass is 16.5. The smallest absolute Gasteiger partial charge is 0.308 e. The number of ketones is 2. The third-order valence-electron chi connectivity index (χ3n) is 8.88. The molecular formula is C36H28N2O6. The molecule has 8 heteroatoms. The summed E-state index contributed by atoms with van der Waals surface area (Å²) in [6.45, 7) is 1.30. The molecule has 1 N–H and O–H groups in total. The van der Waals surface area contributed by atoms with Gasteiger partial charge in [0.1, 0.15) is 23.0 Å². The number of anilines is 1. The molecule has 8 nitrogen and oxygen atoms in total. The lowest BCUT2D eigenvalue weighted by molar-refractivity contribution is -0.131. The number of rotatable bonds is 6. The largest absolute Gasteiger partial charge is 0.497 e. The molecule has 0 bridgehead atoms. The van der Waals surface area contributed by atoms with Crippen LogP contribution >= 0.6 is 0 Å². The summed E-state index contributed by atoms with van der Waals surface area (Å²) in [5, 5.41) is 3.05. The van der Waals surface area contributed by atoms with Crippen molar-refractivity contribution in [3.8, 4) is 11.5 Å². The number of nitrogens with zero attached hydrogens (tertiary/aromatic N) is 1. The van der Waals surface area contributed by atoms with E-state index in [1.807, 2.05) is 65.7 Å². The molecule has 0 saturated carbocycles. The molecule has 4 aromatic rings. The molecule has 0 unspecified atom stereocenters. The van der Waals surface area contributed by atoms with E-state index >= 15 is 0 Å². The summed E-state index contributed by atoms with van der Waals surface area (Å²) in [6.07, 6.45) is 3.75. The van der Waals surface area contributed by atoms with Crippen molar-refractivity contribution in [2.45, 2.75) is 24.4 Å². The Morgan fingerprint density at radius 1 is 0.818 bits per heavy atom. The maximum Gasteiger partial charge on any atom is 0.308 e. The van der Waals surface area contributed by atoms with Gasteiger partial charge >= 0.3 is 5.97 Å². The Balaban J connectivity index is 1.48. The summed E-state index contributed by atoms with van der Waals surface area (Å²) in [5.41, 5.74) is 2.28. The van der Waals surface area contributed by atoms with Crippen molar-refractivity contribution in [1.29, 1.82) is 0 Å². The zero-order valence-corrected chi connectivity index (χ0v) is 24.0. The second-order valence-corrected chi connectivity index (χ2v) is 11.2. The Kier molecular flexibility index (Phi) is 6.43. The molecule has 1 fully saturated rings. The first-order valence-corrected chi connectivity index (χ1v) is 14.3. The fourth-order valence-electron chi connectivity index (χ4n) is 7.15. The molecule has 0 aliphatic carbocycles. The number of nitrogens with one attached hydrogen (secondary N) is 1. The molecule has 1 spiro atoms. The number of hydrogen-bond acceptors (Lipinski definition) is 7. The second kappa shape index (κ2) is 10.3. The van der Waals surface area contributed by atoms with Gasteiger partial charge in [-0.1, -0.05) is 54.6 Å². The number of methoxy groups -OCH3 is 1. The van der Waals surface area contributed by atoms with Crippen molar-refractivity contribution < 1.29 is 28.7 Å². The van der Waals surface area contributed by atoms with Crippen molar-refractivity contribution in [3.63, 3.8) is 0 Å². The second-order valence-electron chi connectivity index (χ2n) is 11.2. The van der Waals surface area contributed by atoms with Gasteiger partial charge in [-0.15, -0.1) is 0 Å². The van der Waals surface area contributed by atoms with Crippen LogP contribution in [0.5, 0.6) is 11.5 Å². The highest BCUT2D eigenvalue weighted by molar-refractivity contribution is 6.16. The summed E-state index contributed by atoms with van der Waals surface area (Å²) in [6, 6.07) is 26.5. The number of para-hydroxylation sites is 1. The Labute approximate surface area is 253 Å². The molecule has 1 saturated heterocycles. The van der Waals surface area contributed by atoms with Crippen molar-refractivity contribution in [2.75, 3.05) is 12.4 Å². The number of carbonyl (C=O) groups is 4. The third-order valence-corrected chi connectivity index (χ3v) is 8.88. The van der Waals surface area contributed by atoms with Crippen LogP contribution in [0.25, 0.3) is 6.08 Å². The lowest BCUT2D eigenvalue weighted by atomic mass is 9.62. The fourth-order valence-corrected chi connectivity index (χ4v) is 7.15. The van der Waals surface area contributed by atoms with Gasteiger partial charge in [-0.2, -0.15) is 0 Å². The molecule has 1 amide bonds. The molecule has 218 valence electrons. The van der Waals surface area contributed by atoms with E-state index < -0.39 is 29.4 Å². The number of carbonyl (C=O) groups excluding carboxylic acids is 4. The van der Waals surface area contributed by atoms with Crippen LogP contribution in [0.1, 0.15) is 50.4 Å². The van der Waals surface area contributed by atoms with Crippen LogP contribution in [0.3, 0.4) is 0 Å². The zero-order valence-electron chi connectivity index (χ0n) is 24.0. The van der Waals surface area contributed by atoms with Gasteiger partial charge in [0.15, 0.2) is 11.6 Å². The Morgan fingerprint density at radius 2 is 1.57 bits per heavy atom. The molecule has 0 aromatic heterocycles. The van der Waals surface area contributed by atoms with Gasteiger partial charge in [-0.25, -0.2) is 0 Å². The first-order chi connectivity index (χ1) is 21.3. The van der Waals surface area contributed by atoms with Gasteiger partial charge in [-0.05, 0) is 65.2 Å². The van der Waals surface area contributed by atoms with Gasteiger partial charge in [-0.3, -0.25) is 19.2 Å². The number of ether oxygens (including phenoxy) is 2. The van der Waals surface area contributed by atoms with E-state index in [-0.39, 0.29) is 17.5 Å². The van der Waals surface area contributed by atoms with E-state index in [2.05, 4.69) is 5.32 Å². The standard InChI is InChI=1S/C36H28N2O6/c1-21(39)44-25-16-14-23(15-17-25)33(41)31-30(32(40)24-9-7-10-26(20-24)43-2)36(28-12-5-6-13-29(28)37-35(36)42)34-27-11-4-3-8-22(27)18-19-38(31)34/h3-20,30-31,34H,1-2H3,(H,37,42)/t30-,31+,34-,36+/m0/s1. The van der Waals surface area contributed by atoms with Crippen LogP contribution < -0.4 is 14.8 Å². The van der Waals surface area contributed by atoms with E-state index in [9.17, 15) is 19.2 Å². The molecule has 3 aliphatic heterocycles. The number of fused-ring (bicyclic) bond motifs is 6. The quantitative estimate of drug-likeness (QED) is 0.179. The highest BCUT2D eigenvalue weighted by Gasteiger charge is 2.70. The van der Waals surface area contributed by atoms with Gasteiger partial charge in [0, 0.05) is 29.9 Å². The fraction of sp³-hybridized carbons (Fsp3) is 0.167. The topological polar surface area (TPSA) is 102 Å². The molecule has 3 heterocycles. The molecule has 0 radical (unpaired) electrons. The number of hydrogen-bond donors (Lipinski definition) is 1. The van der Waals surface area contributed by atoms with E-state index in [0.29, 0.717) is 33.9 Å². The van der Waals surface area contributed by atoms with Crippen LogP contribution in [0.2, 0.25) is 0 Å². The average molecular weight is 585 g/mol. The maximum absolute atomic E-state index is 14.9. The SMILES string of the molecule is COc1cccc(C(=O)[C@@H]2[C@H](C(=O)c3ccc(OC(C)=O)cc3)N3C=Cc4ccccc4[C@H]3[C@]23C(=O)Nc2ccccc23)c1. The minimum Gasteiger partial charge on any atom is -0.497 e. The van der Waals surface area contributed by atoms with E-state index in [0.717, 1.165) is 11.1 Å². The first kappa shape index (κ1) is 27.3. The Hall–Kier alpha value is -5.50. The van der Waals surface area contributed by atoms with Crippen LogP contribution in [0.4, 0.5) is 5.69 Å². The predicted octanol–water partition coefficient (Wildman–Crippen LogP) is 5.60. The van der Waals surface area contributed by atoms with E-state index in [1.54, 1.807) is 48.5 Å². The average Bonchev–Trinajstić information content (AvgIpc) is 3.52. The summed E-state index contributed by atoms with van der Waals surface area (Å²) >= 11 is 0. The Bertz CT molecular complexity index is 1880. The maximum atomic E-state index is 14.9. The van der Waals surface area contributed by atoms with Gasteiger partial charge in [0.05, 0.1) is 19.1 Å². The number of benzene rings is 4. The Morgan fingerprint density at radius 3 is 2.34 bits per heavy atom. The zero-order chi connectivity index (χ0) is 30.6. The van der Waals surface area contributed by atoms with Crippen LogP contribution in [0.15, 0.2) is 103 Å². The predicted molar refractivity (Wildman–Crippen MR) is 163 cm³/mol. The van der Waals surface area contributed by atoms with Gasteiger partial charge < -0.3 is 19.7 Å². The van der Waals surface area contributed by atoms with Crippen molar-refractivity contribution in [1.82, 2.24) is 4.90 Å². The van der Waals surface area contributed by atoms with Crippen LogP contribution in [-0.2, 0) is 15.0 Å². The molecule has 44 heavy (non-hydrogen) atoms. The highest BCUT2D eigenvalue weighted by Crippen LogP contribution is 2.62. The van der Waals surface area contributed by atoms with Crippen molar-refractivity contribution in [2.24, 2.45) is 5.92 Å². The lowest BCUT2D eigenvalue weighted by Gasteiger charge is -2.38. The van der Waals surface area contributed by atoms with Gasteiger partial charge in [0.2, 0.25) is 5.91 Å². The lowest BCUT2D eigenvalue weighted by Crippen LogP contribution is -2.49. The van der Waals surface area contributed by atoms with Crippen LogP contribution in [-0.4, -0.2) is 41.5 Å². The van der Waals surface area contributed by atoms with E-state index in [4.69, 9.17) is 9.47 Å². The minimum absolute atomic E-state index is 0.301. The molecule has 4 aromatic carbocycles.